The Morgan fingerprint density at radius 2 is 1.95 bits per heavy atom. The Balaban J connectivity index is 1.94. The van der Waals surface area contributed by atoms with E-state index in [9.17, 15) is 4.79 Å². The summed E-state index contributed by atoms with van der Waals surface area (Å²) in [6.45, 7) is 3.95. The van der Waals surface area contributed by atoms with Crippen LogP contribution in [0.15, 0.2) is 54.7 Å². The van der Waals surface area contributed by atoms with Gasteiger partial charge in [-0.25, -0.2) is 0 Å². The first kappa shape index (κ1) is 14.0. The predicted octanol–water partition coefficient (Wildman–Crippen LogP) is 3.28. The fourth-order valence-electron chi connectivity index (χ4n) is 1.82. The van der Waals surface area contributed by atoms with Crippen LogP contribution in [0.1, 0.15) is 29.8 Å². The first-order chi connectivity index (χ1) is 9.65. The first-order valence-electron chi connectivity index (χ1n) is 6.61. The van der Waals surface area contributed by atoms with Crippen LogP contribution in [0.2, 0.25) is 0 Å². The van der Waals surface area contributed by atoms with Gasteiger partial charge < -0.3 is 5.32 Å². The Morgan fingerprint density at radius 3 is 2.60 bits per heavy atom. The molecule has 1 amide bonds. The van der Waals surface area contributed by atoms with Gasteiger partial charge in [-0.15, -0.1) is 0 Å². The Morgan fingerprint density at radius 1 is 1.20 bits per heavy atom. The van der Waals surface area contributed by atoms with Gasteiger partial charge in [-0.3, -0.25) is 9.78 Å². The molecule has 0 saturated heterocycles. The number of nitrogens with one attached hydrogen (secondary N) is 1. The molecule has 0 aliphatic heterocycles. The minimum absolute atomic E-state index is 0.105. The van der Waals surface area contributed by atoms with E-state index in [-0.39, 0.29) is 11.9 Å². The van der Waals surface area contributed by atoms with E-state index in [1.807, 2.05) is 56.3 Å². The number of carbonyl (C=O) groups is 1. The molecule has 2 aromatic rings. The highest BCUT2D eigenvalue weighted by Crippen LogP contribution is 2.08. The van der Waals surface area contributed by atoms with E-state index in [4.69, 9.17) is 0 Å². The third-order valence-corrected chi connectivity index (χ3v) is 2.99. The topological polar surface area (TPSA) is 42.0 Å². The molecule has 1 aromatic carbocycles. The van der Waals surface area contributed by atoms with Crippen LogP contribution in [0, 0.1) is 6.92 Å². The number of hydrogen-bond donors (Lipinski definition) is 1. The molecule has 3 heteroatoms. The van der Waals surface area contributed by atoms with Crippen molar-refractivity contribution in [1.82, 2.24) is 10.3 Å². The van der Waals surface area contributed by atoms with Gasteiger partial charge in [-0.05, 0) is 37.6 Å². The Bertz CT molecular complexity index is 588. The lowest BCUT2D eigenvalue weighted by atomic mass is 10.1. The third kappa shape index (κ3) is 4.05. The smallest absolute Gasteiger partial charge is 0.244 e. The highest BCUT2D eigenvalue weighted by Gasteiger charge is 2.07. The number of carbonyl (C=O) groups excluding carboxylic acids is 1. The summed E-state index contributed by atoms with van der Waals surface area (Å²) in [7, 11) is 0. The fraction of sp³-hybridized carbons (Fsp3) is 0.176. The molecule has 0 aliphatic carbocycles. The average molecular weight is 266 g/mol. The molecule has 0 bridgehead atoms. The molecule has 1 heterocycles. The van der Waals surface area contributed by atoms with Crippen LogP contribution in [0.4, 0.5) is 0 Å². The van der Waals surface area contributed by atoms with Crippen molar-refractivity contribution in [2.45, 2.75) is 19.9 Å². The van der Waals surface area contributed by atoms with Gasteiger partial charge >= 0.3 is 0 Å². The number of aromatic nitrogens is 1. The Kier molecular flexibility index (Phi) is 4.66. The minimum atomic E-state index is -0.122. The highest BCUT2D eigenvalue weighted by atomic mass is 16.1. The van der Waals surface area contributed by atoms with Gasteiger partial charge in [0.05, 0.1) is 11.7 Å². The maximum Gasteiger partial charge on any atom is 0.244 e. The van der Waals surface area contributed by atoms with E-state index in [0.29, 0.717) is 0 Å². The van der Waals surface area contributed by atoms with Crippen LogP contribution in [0.25, 0.3) is 6.08 Å². The number of nitrogens with zero attached hydrogens (tertiary/aromatic N) is 1. The zero-order chi connectivity index (χ0) is 14.4. The van der Waals surface area contributed by atoms with Crippen LogP contribution < -0.4 is 5.32 Å². The molecule has 1 unspecified atom stereocenters. The van der Waals surface area contributed by atoms with E-state index in [0.717, 1.165) is 11.3 Å². The molecule has 102 valence electrons. The molecule has 20 heavy (non-hydrogen) atoms. The van der Waals surface area contributed by atoms with Crippen LogP contribution in [0.3, 0.4) is 0 Å². The number of aryl methyl sites for hydroxylation is 1. The second-order valence-corrected chi connectivity index (χ2v) is 4.73. The molecule has 0 aliphatic rings. The molecule has 2 rings (SSSR count). The van der Waals surface area contributed by atoms with E-state index in [1.165, 1.54) is 5.56 Å². The lowest BCUT2D eigenvalue weighted by molar-refractivity contribution is -0.117. The monoisotopic (exact) mass is 266 g/mol. The molecular formula is C17H18N2O. The molecule has 0 spiro atoms. The molecule has 1 atom stereocenters. The standard InChI is InChI=1S/C17H18N2O/c1-13-6-8-15(9-7-13)10-11-17(20)19-14(2)16-5-3-4-12-18-16/h3-12,14H,1-2H3,(H,19,20)/b11-10+. The summed E-state index contributed by atoms with van der Waals surface area (Å²) in [5, 5.41) is 2.89. The van der Waals surface area contributed by atoms with E-state index >= 15 is 0 Å². The molecule has 1 aromatic heterocycles. The predicted molar refractivity (Wildman–Crippen MR) is 81.0 cm³/mol. The number of rotatable bonds is 4. The van der Waals surface area contributed by atoms with Crippen molar-refractivity contribution >= 4 is 12.0 Å². The van der Waals surface area contributed by atoms with Gasteiger partial charge in [0, 0.05) is 12.3 Å². The van der Waals surface area contributed by atoms with Gasteiger partial charge in [-0.1, -0.05) is 35.9 Å². The SMILES string of the molecule is Cc1ccc(/C=C/C(=O)NC(C)c2ccccn2)cc1. The molecular weight excluding hydrogens is 248 g/mol. The summed E-state index contributed by atoms with van der Waals surface area (Å²) < 4.78 is 0. The van der Waals surface area contributed by atoms with Crippen molar-refractivity contribution in [1.29, 1.82) is 0 Å². The molecule has 0 saturated carbocycles. The third-order valence-electron chi connectivity index (χ3n) is 2.99. The molecule has 3 nitrogen and oxygen atoms in total. The largest absolute Gasteiger partial charge is 0.344 e. The summed E-state index contributed by atoms with van der Waals surface area (Å²) in [6.07, 6.45) is 5.07. The van der Waals surface area contributed by atoms with Crippen molar-refractivity contribution in [3.8, 4) is 0 Å². The van der Waals surface area contributed by atoms with Crippen LogP contribution in [-0.2, 0) is 4.79 Å². The van der Waals surface area contributed by atoms with Gasteiger partial charge in [0.1, 0.15) is 0 Å². The lowest BCUT2D eigenvalue weighted by Crippen LogP contribution is -2.25. The van der Waals surface area contributed by atoms with Gasteiger partial charge in [0.25, 0.3) is 0 Å². The van der Waals surface area contributed by atoms with Crippen LogP contribution in [-0.4, -0.2) is 10.9 Å². The number of benzene rings is 1. The number of pyridine rings is 1. The molecule has 0 fully saturated rings. The van der Waals surface area contributed by atoms with Gasteiger partial charge in [0.2, 0.25) is 5.91 Å². The van der Waals surface area contributed by atoms with E-state index < -0.39 is 0 Å². The van der Waals surface area contributed by atoms with Crippen molar-refractivity contribution in [3.05, 3.63) is 71.6 Å². The molecule has 1 N–H and O–H groups in total. The first-order valence-corrected chi connectivity index (χ1v) is 6.61. The van der Waals surface area contributed by atoms with Crippen molar-refractivity contribution in [2.75, 3.05) is 0 Å². The normalized spacial score (nSPS) is 12.3. The highest BCUT2D eigenvalue weighted by molar-refractivity contribution is 5.91. The van der Waals surface area contributed by atoms with Gasteiger partial charge in [-0.2, -0.15) is 0 Å². The Hall–Kier alpha value is -2.42. The van der Waals surface area contributed by atoms with Crippen LogP contribution in [0.5, 0.6) is 0 Å². The summed E-state index contributed by atoms with van der Waals surface area (Å²) in [5.41, 5.74) is 3.07. The Labute approximate surface area is 119 Å². The minimum Gasteiger partial charge on any atom is -0.344 e. The second kappa shape index (κ2) is 6.66. The maximum atomic E-state index is 11.8. The lowest BCUT2D eigenvalue weighted by Gasteiger charge is -2.11. The summed E-state index contributed by atoms with van der Waals surface area (Å²) in [5.74, 6) is -0.122. The van der Waals surface area contributed by atoms with Crippen molar-refractivity contribution in [2.24, 2.45) is 0 Å². The van der Waals surface area contributed by atoms with E-state index in [1.54, 1.807) is 18.3 Å². The fourth-order valence-corrected chi connectivity index (χ4v) is 1.82. The van der Waals surface area contributed by atoms with Gasteiger partial charge in [0.15, 0.2) is 0 Å². The zero-order valence-electron chi connectivity index (χ0n) is 11.7. The van der Waals surface area contributed by atoms with Crippen molar-refractivity contribution in [3.63, 3.8) is 0 Å². The number of amides is 1. The summed E-state index contributed by atoms with van der Waals surface area (Å²) in [4.78, 5) is 16.1. The maximum absolute atomic E-state index is 11.8. The van der Waals surface area contributed by atoms with Crippen molar-refractivity contribution < 1.29 is 4.79 Å². The quantitative estimate of drug-likeness (QED) is 0.863. The second-order valence-electron chi connectivity index (χ2n) is 4.73. The summed E-state index contributed by atoms with van der Waals surface area (Å²) >= 11 is 0. The zero-order valence-corrected chi connectivity index (χ0v) is 11.7. The summed E-state index contributed by atoms with van der Waals surface area (Å²) in [6, 6.07) is 13.6. The average Bonchev–Trinajstić information content (AvgIpc) is 2.47. The van der Waals surface area contributed by atoms with E-state index in [2.05, 4.69) is 10.3 Å². The molecule has 0 radical (unpaired) electrons. The van der Waals surface area contributed by atoms with Crippen LogP contribution >= 0.6 is 0 Å². The number of hydrogen-bond acceptors (Lipinski definition) is 2.